The zero-order valence-electron chi connectivity index (χ0n) is 5.29. The highest BCUT2D eigenvalue weighted by Crippen LogP contribution is 2.12. The van der Waals surface area contributed by atoms with Gasteiger partial charge in [-0.3, -0.25) is 4.98 Å². The van der Waals surface area contributed by atoms with Crippen LogP contribution in [0.2, 0.25) is 5.02 Å². The van der Waals surface area contributed by atoms with Crippen molar-refractivity contribution in [3.05, 3.63) is 35.2 Å². The number of nitrogens with two attached hydrogens (primary N) is 1. The first-order chi connectivity index (χ1) is 4.84. The van der Waals surface area contributed by atoms with Crippen LogP contribution in [-0.2, 0) is 0 Å². The maximum atomic E-state index is 5.73. The van der Waals surface area contributed by atoms with E-state index in [4.69, 9.17) is 17.3 Å². The lowest BCUT2D eigenvalue weighted by Gasteiger charge is -1.92. The van der Waals surface area contributed by atoms with Crippen LogP contribution >= 0.6 is 11.6 Å². The number of nitrogens with zero attached hydrogens (tertiary/aromatic N) is 1. The minimum absolute atomic E-state index is 0.615. The van der Waals surface area contributed by atoms with E-state index in [0.29, 0.717) is 10.7 Å². The van der Waals surface area contributed by atoms with Crippen LogP contribution in [0.5, 0.6) is 0 Å². The molecule has 0 spiro atoms. The first-order valence-electron chi connectivity index (χ1n) is 2.83. The van der Waals surface area contributed by atoms with E-state index in [1.165, 1.54) is 6.20 Å². The second-order valence-electron chi connectivity index (χ2n) is 1.73. The minimum Gasteiger partial charge on any atom is -0.405 e. The monoisotopic (exact) mass is 154 g/mol. The summed E-state index contributed by atoms with van der Waals surface area (Å²) in [6.07, 6.45) is 4.73. The molecule has 0 aliphatic heterocycles. The molecule has 0 fully saturated rings. The maximum absolute atomic E-state index is 5.73. The van der Waals surface area contributed by atoms with Gasteiger partial charge in [-0.25, -0.2) is 0 Å². The summed E-state index contributed by atoms with van der Waals surface area (Å²) in [6, 6.07) is 3.54. The Labute approximate surface area is 64.3 Å². The summed E-state index contributed by atoms with van der Waals surface area (Å²) in [5, 5.41) is 0.615. The van der Waals surface area contributed by atoms with Crippen molar-refractivity contribution in [2.45, 2.75) is 0 Å². The van der Waals surface area contributed by atoms with Crippen LogP contribution in [0.4, 0.5) is 0 Å². The zero-order chi connectivity index (χ0) is 7.40. The predicted molar refractivity (Wildman–Crippen MR) is 42.5 cm³/mol. The molecule has 1 aromatic rings. The summed E-state index contributed by atoms with van der Waals surface area (Å²) in [5.41, 5.74) is 5.85. The molecule has 0 amide bonds. The minimum atomic E-state index is 0.615. The molecule has 1 rings (SSSR count). The van der Waals surface area contributed by atoms with Crippen molar-refractivity contribution >= 4 is 17.7 Å². The van der Waals surface area contributed by atoms with E-state index in [0.717, 1.165) is 0 Å². The third-order valence-electron chi connectivity index (χ3n) is 1.04. The molecular weight excluding hydrogens is 148 g/mol. The fourth-order valence-corrected chi connectivity index (χ4v) is 0.796. The molecule has 0 aliphatic carbocycles. The maximum Gasteiger partial charge on any atom is 0.0830 e. The molecule has 2 nitrogen and oxygen atoms in total. The van der Waals surface area contributed by atoms with E-state index in [-0.39, 0.29) is 0 Å². The van der Waals surface area contributed by atoms with Crippen molar-refractivity contribution in [1.29, 1.82) is 0 Å². The zero-order valence-corrected chi connectivity index (χ0v) is 6.05. The predicted octanol–water partition coefficient (Wildman–Crippen LogP) is 1.66. The molecular formula is C7H7ClN2. The Balaban J connectivity index is 3.03. The molecule has 0 bridgehead atoms. The third-order valence-corrected chi connectivity index (χ3v) is 1.36. The normalized spacial score (nSPS) is 10.5. The second kappa shape index (κ2) is 3.22. The number of hydrogen-bond acceptors (Lipinski definition) is 2. The highest BCUT2D eigenvalue weighted by atomic mass is 35.5. The van der Waals surface area contributed by atoms with E-state index in [1.54, 1.807) is 24.4 Å². The summed E-state index contributed by atoms with van der Waals surface area (Å²) < 4.78 is 0. The van der Waals surface area contributed by atoms with Gasteiger partial charge in [0, 0.05) is 6.20 Å². The Morgan fingerprint density at radius 2 is 2.40 bits per heavy atom. The molecule has 0 aromatic carbocycles. The van der Waals surface area contributed by atoms with Crippen LogP contribution in [0, 0.1) is 0 Å². The summed E-state index contributed by atoms with van der Waals surface area (Å²) in [5.74, 6) is 0. The van der Waals surface area contributed by atoms with Gasteiger partial charge in [-0.15, -0.1) is 0 Å². The van der Waals surface area contributed by atoms with Crippen LogP contribution in [0.25, 0.3) is 6.08 Å². The summed E-state index contributed by atoms with van der Waals surface area (Å²) in [7, 11) is 0. The largest absolute Gasteiger partial charge is 0.405 e. The average molecular weight is 155 g/mol. The summed E-state index contributed by atoms with van der Waals surface area (Å²) >= 11 is 5.73. The van der Waals surface area contributed by atoms with Crippen LogP contribution in [-0.4, -0.2) is 4.98 Å². The van der Waals surface area contributed by atoms with E-state index in [9.17, 15) is 0 Å². The van der Waals surface area contributed by atoms with Gasteiger partial charge in [0.25, 0.3) is 0 Å². The second-order valence-corrected chi connectivity index (χ2v) is 2.14. The van der Waals surface area contributed by atoms with Gasteiger partial charge in [0.2, 0.25) is 0 Å². The topological polar surface area (TPSA) is 38.9 Å². The lowest BCUT2D eigenvalue weighted by Crippen LogP contribution is -1.82. The lowest BCUT2D eigenvalue weighted by atomic mass is 10.3. The van der Waals surface area contributed by atoms with Crippen LogP contribution in [0.3, 0.4) is 0 Å². The molecule has 10 heavy (non-hydrogen) atoms. The van der Waals surface area contributed by atoms with E-state index in [1.807, 2.05) is 0 Å². The molecule has 0 radical (unpaired) electrons. The van der Waals surface area contributed by atoms with Gasteiger partial charge in [-0.1, -0.05) is 11.6 Å². The summed E-state index contributed by atoms with van der Waals surface area (Å²) in [6.45, 7) is 0. The Bertz CT molecular complexity index is 245. The van der Waals surface area contributed by atoms with Gasteiger partial charge in [-0.05, 0) is 24.4 Å². The van der Waals surface area contributed by atoms with Gasteiger partial charge in [-0.2, -0.15) is 0 Å². The Morgan fingerprint density at radius 1 is 1.60 bits per heavy atom. The molecule has 0 saturated carbocycles. The molecule has 2 N–H and O–H groups in total. The number of rotatable bonds is 1. The molecule has 0 aliphatic rings. The smallest absolute Gasteiger partial charge is 0.0830 e. The highest BCUT2D eigenvalue weighted by molar-refractivity contribution is 6.31. The number of hydrogen-bond donors (Lipinski definition) is 1. The van der Waals surface area contributed by atoms with E-state index >= 15 is 0 Å². The molecule has 0 saturated heterocycles. The summed E-state index contributed by atoms with van der Waals surface area (Å²) in [4.78, 5) is 3.97. The van der Waals surface area contributed by atoms with Crippen molar-refractivity contribution in [3.63, 3.8) is 0 Å². The van der Waals surface area contributed by atoms with Gasteiger partial charge in [0.1, 0.15) is 0 Å². The van der Waals surface area contributed by atoms with Gasteiger partial charge in [0.05, 0.1) is 10.7 Å². The molecule has 0 unspecified atom stereocenters. The SMILES string of the molecule is N/C=C\c1ncccc1Cl. The van der Waals surface area contributed by atoms with E-state index < -0.39 is 0 Å². The first kappa shape index (κ1) is 7.09. The van der Waals surface area contributed by atoms with Crippen LogP contribution < -0.4 is 5.73 Å². The first-order valence-corrected chi connectivity index (χ1v) is 3.21. The van der Waals surface area contributed by atoms with Crippen molar-refractivity contribution in [1.82, 2.24) is 4.98 Å². The molecule has 3 heteroatoms. The average Bonchev–Trinajstić information content (AvgIpc) is 1.94. The van der Waals surface area contributed by atoms with Crippen molar-refractivity contribution in [3.8, 4) is 0 Å². The van der Waals surface area contributed by atoms with Crippen LogP contribution in [0.1, 0.15) is 5.69 Å². The third kappa shape index (κ3) is 1.48. The van der Waals surface area contributed by atoms with Gasteiger partial charge < -0.3 is 5.73 Å². The van der Waals surface area contributed by atoms with E-state index in [2.05, 4.69) is 4.98 Å². The standard InChI is InChI=1S/C7H7ClN2/c8-6-2-1-5-10-7(6)3-4-9/h1-5H,9H2/b4-3-. The molecule has 52 valence electrons. The Hall–Kier alpha value is -1.02. The quantitative estimate of drug-likeness (QED) is 0.668. The fraction of sp³-hybridized carbons (Fsp3) is 0. The van der Waals surface area contributed by atoms with Crippen molar-refractivity contribution < 1.29 is 0 Å². The Kier molecular flexibility index (Phi) is 2.29. The molecule has 1 heterocycles. The molecule has 0 atom stereocenters. The van der Waals surface area contributed by atoms with Crippen molar-refractivity contribution in [2.24, 2.45) is 5.73 Å². The lowest BCUT2D eigenvalue weighted by molar-refractivity contribution is 1.29. The van der Waals surface area contributed by atoms with Crippen molar-refractivity contribution in [2.75, 3.05) is 0 Å². The number of halogens is 1. The van der Waals surface area contributed by atoms with Crippen LogP contribution in [0.15, 0.2) is 24.5 Å². The van der Waals surface area contributed by atoms with Gasteiger partial charge in [0.15, 0.2) is 0 Å². The highest BCUT2D eigenvalue weighted by Gasteiger charge is 1.92. The van der Waals surface area contributed by atoms with Gasteiger partial charge >= 0.3 is 0 Å². The molecule has 1 aromatic heterocycles. The number of aromatic nitrogens is 1. The fourth-order valence-electron chi connectivity index (χ4n) is 0.612. The number of pyridine rings is 1. The Morgan fingerprint density at radius 3 is 3.00 bits per heavy atom.